The third-order valence-electron chi connectivity index (χ3n) is 4.83. The maximum atomic E-state index is 13.4. The molecule has 5 heteroatoms. The van der Waals surface area contributed by atoms with Gasteiger partial charge in [0.15, 0.2) is 0 Å². The van der Waals surface area contributed by atoms with E-state index in [1.54, 1.807) is 36.5 Å². The van der Waals surface area contributed by atoms with E-state index < -0.39 is 5.97 Å². The maximum absolute atomic E-state index is 13.4. The van der Waals surface area contributed by atoms with Crippen molar-refractivity contribution in [1.82, 2.24) is 4.57 Å². The Balaban J connectivity index is 1.57. The summed E-state index contributed by atoms with van der Waals surface area (Å²) in [7, 11) is 0. The maximum Gasteiger partial charge on any atom is 0.335 e. The molecule has 144 valence electrons. The first-order valence-corrected chi connectivity index (χ1v) is 9.21. The first kappa shape index (κ1) is 18.6. The Morgan fingerprint density at radius 1 is 1.10 bits per heavy atom. The average molecular weight is 386 g/mol. The molecule has 4 rings (SSSR count). The molecule has 0 atom stereocenters. The number of hydrogen-bond donors (Lipinski definition) is 1. The molecule has 0 radical (unpaired) electrons. The molecule has 0 unspecified atom stereocenters. The van der Waals surface area contributed by atoms with Crippen molar-refractivity contribution in [2.24, 2.45) is 4.99 Å². The minimum atomic E-state index is -0.947. The molecule has 0 spiro atoms. The minimum Gasteiger partial charge on any atom is -0.478 e. The predicted octanol–water partition coefficient (Wildman–Crippen LogP) is 5.59. The van der Waals surface area contributed by atoms with E-state index in [1.165, 1.54) is 6.07 Å². The van der Waals surface area contributed by atoms with Gasteiger partial charge < -0.3 is 9.67 Å². The molecular formula is C24H19FN2O2. The van der Waals surface area contributed by atoms with Crippen molar-refractivity contribution in [2.45, 2.75) is 13.5 Å². The molecule has 1 N–H and O–H groups in total. The molecule has 1 heterocycles. The number of carboxylic acid groups (broad SMARTS) is 1. The van der Waals surface area contributed by atoms with Crippen LogP contribution in [0.5, 0.6) is 0 Å². The van der Waals surface area contributed by atoms with Crippen molar-refractivity contribution < 1.29 is 14.3 Å². The summed E-state index contributed by atoms with van der Waals surface area (Å²) in [5.74, 6) is -1.18. The molecule has 29 heavy (non-hydrogen) atoms. The van der Waals surface area contributed by atoms with Crippen LogP contribution < -0.4 is 0 Å². The first-order valence-electron chi connectivity index (χ1n) is 9.21. The summed E-state index contributed by atoms with van der Waals surface area (Å²) >= 11 is 0. The topological polar surface area (TPSA) is 54.6 Å². The summed E-state index contributed by atoms with van der Waals surface area (Å²) in [4.78, 5) is 15.5. The normalized spacial score (nSPS) is 11.4. The summed E-state index contributed by atoms with van der Waals surface area (Å²) in [5.41, 5.74) is 4.72. The smallest absolute Gasteiger partial charge is 0.335 e. The van der Waals surface area contributed by atoms with Crippen LogP contribution in [0.15, 0.2) is 77.9 Å². The first-order chi connectivity index (χ1) is 14.0. The van der Waals surface area contributed by atoms with Gasteiger partial charge in [0.2, 0.25) is 0 Å². The highest BCUT2D eigenvalue weighted by atomic mass is 19.1. The number of carboxylic acids is 1. The second-order valence-corrected chi connectivity index (χ2v) is 6.96. The fraction of sp³-hybridized carbons (Fsp3) is 0.0833. The molecule has 0 saturated heterocycles. The van der Waals surface area contributed by atoms with Gasteiger partial charge in [0.05, 0.1) is 11.3 Å². The summed E-state index contributed by atoms with van der Waals surface area (Å²) in [6.07, 6.45) is 3.76. The number of nitrogens with zero attached hydrogens (tertiary/aromatic N) is 2. The van der Waals surface area contributed by atoms with Crippen LogP contribution in [0.25, 0.3) is 10.9 Å². The zero-order valence-electron chi connectivity index (χ0n) is 15.8. The SMILES string of the molecule is Cc1cc(C(=O)O)ccc1N=Cc1ccc2c(ccn2Cc2cccc(F)c2)c1. The van der Waals surface area contributed by atoms with E-state index in [0.717, 1.165) is 33.3 Å². The number of benzene rings is 3. The van der Waals surface area contributed by atoms with E-state index in [0.29, 0.717) is 6.54 Å². The molecule has 0 saturated carbocycles. The molecule has 0 aliphatic heterocycles. The van der Waals surface area contributed by atoms with E-state index in [-0.39, 0.29) is 11.4 Å². The van der Waals surface area contributed by atoms with E-state index in [9.17, 15) is 9.18 Å². The van der Waals surface area contributed by atoms with Crippen LogP contribution in [0.1, 0.15) is 27.0 Å². The van der Waals surface area contributed by atoms with Gasteiger partial charge in [-0.2, -0.15) is 0 Å². The molecule has 4 aromatic rings. The minimum absolute atomic E-state index is 0.232. The van der Waals surface area contributed by atoms with Crippen LogP contribution in [0.4, 0.5) is 10.1 Å². The molecule has 0 bridgehead atoms. The monoisotopic (exact) mass is 386 g/mol. The highest BCUT2D eigenvalue weighted by molar-refractivity contribution is 5.91. The summed E-state index contributed by atoms with van der Waals surface area (Å²) < 4.78 is 15.5. The van der Waals surface area contributed by atoms with Gasteiger partial charge >= 0.3 is 5.97 Å². The van der Waals surface area contributed by atoms with E-state index in [2.05, 4.69) is 9.56 Å². The third-order valence-corrected chi connectivity index (χ3v) is 4.83. The van der Waals surface area contributed by atoms with Crippen LogP contribution in [-0.4, -0.2) is 21.9 Å². The average Bonchev–Trinajstić information content (AvgIpc) is 3.09. The van der Waals surface area contributed by atoms with Gasteiger partial charge in [-0.15, -0.1) is 0 Å². The quantitative estimate of drug-likeness (QED) is 0.455. The van der Waals surface area contributed by atoms with Gasteiger partial charge in [-0.1, -0.05) is 18.2 Å². The Morgan fingerprint density at radius 3 is 2.72 bits per heavy atom. The fourth-order valence-electron chi connectivity index (χ4n) is 3.35. The largest absolute Gasteiger partial charge is 0.478 e. The number of carbonyl (C=O) groups is 1. The molecule has 0 aliphatic carbocycles. The Bertz CT molecular complexity index is 1240. The van der Waals surface area contributed by atoms with Crippen molar-refractivity contribution >= 4 is 28.8 Å². The molecular weight excluding hydrogens is 367 g/mol. The molecule has 3 aromatic carbocycles. The number of aromatic nitrogens is 1. The number of aryl methyl sites for hydroxylation is 1. The van der Waals surface area contributed by atoms with Gasteiger partial charge in [-0.25, -0.2) is 9.18 Å². The lowest BCUT2D eigenvalue weighted by Gasteiger charge is -2.06. The molecule has 0 fully saturated rings. The number of fused-ring (bicyclic) bond motifs is 1. The zero-order chi connectivity index (χ0) is 20.4. The Labute approximate surface area is 167 Å². The van der Waals surface area contributed by atoms with Crippen LogP contribution in [0.2, 0.25) is 0 Å². The number of hydrogen-bond acceptors (Lipinski definition) is 2. The molecule has 0 amide bonds. The summed E-state index contributed by atoms with van der Waals surface area (Å²) in [6.45, 7) is 2.44. The van der Waals surface area contributed by atoms with Crippen LogP contribution in [0, 0.1) is 12.7 Å². The lowest BCUT2D eigenvalue weighted by molar-refractivity contribution is 0.0697. The Hall–Kier alpha value is -3.73. The standard InChI is InChI=1S/C24H19FN2O2/c1-16-11-20(24(28)29)6-7-22(16)26-14-17-5-8-23-19(12-17)9-10-27(23)15-18-3-2-4-21(25)13-18/h2-14H,15H2,1H3,(H,28,29). The number of aliphatic imine (C=N–C) groups is 1. The van der Waals surface area contributed by atoms with Crippen LogP contribution >= 0.6 is 0 Å². The predicted molar refractivity (Wildman–Crippen MR) is 113 cm³/mol. The second kappa shape index (κ2) is 7.72. The van der Waals surface area contributed by atoms with Crippen LogP contribution in [-0.2, 0) is 6.54 Å². The van der Waals surface area contributed by atoms with Crippen molar-refractivity contribution in [3.63, 3.8) is 0 Å². The Morgan fingerprint density at radius 2 is 1.97 bits per heavy atom. The zero-order valence-corrected chi connectivity index (χ0v) is 15.8. The number of rotatable bonds is 5. The summed E-state index contributed by atoms with van der Waals surface area (Å²) in [5, 5.41) is 10.1. The molecule has 0 aliphatic rings. The van der Waals surface area contributed by atoms with Gasteiger partial charge in [-0.3, -0.25) is 4.99 Å². The number of halogens is 1. The van der Waals surface area contributed by atoms with E-state index in [1.807, 2.05) is 43.5 Å². The second-order valence-electron chi connectivity index (χ2n) is 6.96. The van der Waals surface area contributed by atoms with Gasteiger partial charge in [-0.05, 0) is 72.1 Å². The van der Waals surface area contributed by atoms with Gasteiger partial charge in [0, 0.05) is 29.9 Å². The van der Waals surface area contributed by atoms with Crippen molar-refractivity contribution in [3.8, 4) is 0 Å². The number of aromatic carboxylic acids is 1. The fourth-order valence-corrected chi connectivity index (χ4v) is 3.35. The lowest BCUT2D eigenvalue weighted by Crippen LogP contribution is -1.98. The van der Waals surface area contributed by atoms with Crippen molar-refractivity contribution in [3.05, 3.63) is 101 Å². The molecule has 4 nitrogen and oxygen atoms in total. The summed E-state index contributed by atoms with van der Waals surface area (Å²) in [6, 6.07) is 19.6. The third kappa shape index (κ3) is 4.09. The van der Waals surface area contributed by atoms with Gasteiger partial charge in [0.1, 0.15) is 5.82 Å². The highest BCUT2D eigenvalue weighted by Gasteiger charge is 2.06. The van der Waals surface area contributed by atoms with E-state index in [4.69, 9.17) is 5.11 Å². The van der Waals surface area contributed by atoms with Crippen molar-refractivity contribution in [2.75, 3.05) is 0 Å². The highest BCUT2D eigenvalue weighted by Crippen LogP contribution is 2.22. The van der Waals surface area contributed by atoms with E-state index >= 15 is 0 Å². The lowest BCUT2D eigenvalue weighted by atomic mass is 10.1. The van der Waals surface area contributed by atoms with Gasteiger partial charge in [0.25, 0.3) is 0 Å². The Kier molecular flexibility index (Phi) is 4.96. The molecule has 1 aromatic heterocycles. The van der Waals surface area contributed by atoms with Crippen molar-refractivity contribution in [1.29, 1.82) is 0 Å². The van der Waals surface area contributed by atoms with Crippen LogP contribution in [0.3, 0.4) is 0 Å².